The third-order valence-electron chi connectivity index (χ3n) is 5.37. The van der Waals surface area contributed by atoms with Crippen molar-refractivity contribution in [1.29, 1.82) is 0 Å². The first-order valence-corrected chi connectivity index (χ1v) is 9.09. The lowest BCUT2D eigenvalue weighted by molar-refractivity contribution is 0.0951. The summed E-state index contributed by atoms with van der Waals surface area (Å²) in [6.07, 6.45) is 1.70. The van der Waals surface area contributed by atoms with Crippen LogP contribution in [0.5, 0.6) is 0 Å². The van der Waals surface area contributed by atoms with Gasteiger partial charge >= 0.3 is 0 Å². The van der Waals surface area contributed by atoms with Gasteiger partial charge in [-0.1, -0.05) is 12.1 Å². The number of pyridine rings is 1. The minimum Gasteiger partial charge on any atom is -0.352 e. The Labute approximate surface area is 163 Å². The van der Waals surface area contributed by atoms with Crippen molar-refractivity contribution >= 4 is 18.3 Å². The second-order valence-corrected chi connectivity index (χ2v) is 7.18. The molecule has 7 heteroatoms. The molecule has 0 radical (unpaired) electrons. The highest BCUT2D eigenvalue weighted by Crippen LogP contribution is 2.31. The zero-order valence-corrected chi connectivity index (χ0v) is 15.7. The summed E-state index contributed by atoms with van der Waals surface area (Å²) in [5.74, 6) is 0.183. The van der Waals surface area contributed by atoms with Crippen molar-refractivity contribution in [1.82, 2.24) is 15.2 Å². The monoisotopic (exact) mass is 391 g/mol. The molecule has 1 amide bonds. The van der Waals surface area contributed by atoms with Crippen molar-refractivity contribution in [2.75, 3.05) is 19.6 Å². The van der Waals surface area contributed by atoms with Gasteiger partial charge in [0, 0.05) is 31.2 Å². The van der Waals surface area contributed by atoms with E-state index in [0.29, 0.717) is 31.3 Å². The van der Waals surface area contributed by atoms with Gasteiger partial charge in [-0.3, -0.25) is 9.59 Å². The fourth-order valence-corrected chi connectivity index (χ4v) is 4.03. The zero-order chi connectivity index (χ0) is 18.1. The normalized spacial score (nSPS) is 20.3. The minimum absolute atomic E-state index is 0. The van der Waals surface area contributed by atoms with E-state index in [-0.39, 0.29) is 35.3 Å². The summed E-state index contributed by atoms with van der Waals surface area (Å²) in [5, 5.41) is 6.22. The molecule has 2 aliphatic heterocycles. The molecule has 1 aromatic carbocycles. The maximum atomic E-state index is 12.9. The fourth-order valence-electron chi connectivity index (χ4n) is 4.03. The van der Waals surface area contributed by atoms with Gasteiger partial charge in [0.15, 0.2) is 0 Å². The molecule has 2 bridgehead atoms. The van der Waals surface area contributed by atoms with Crippen LogP contribution in [0, 0.1) is 11.7 Å². The smallest absolute Gasteiger partial charge is 0.263 e. The number of nitrogens with zero attached hydrogens (tertiary/aromatic N) is 1. The highest BCUT2D eigenvalue weighted by molar-refractivity contribution is 5.93. The molecule has 27 heavy (non-hydrogen) atoms. The standard InChI is InChI=1S/C20H22FN3O2.ClH/c21-16-3-1-13(2-4-16)7-8-23-19(25)17-5-6-18-15-9-14(10-22-11-15)12-24(18)20(17)26;/h1-6,14-15,22H,7-12H2,(H,23,25);1H/t14-,15+;/m0./s1. The lowest BCUT2D eigenvalue weighted by Gasteiger charge is -2.37. The Balaban J connectivity index is 0.00000210. The molecule has 1 saturated heterocycles. The molecule has 2 aliphatic rings. The summed E-state index contributed by atoms with van der Waals surface area (Å²) >= 11 is 0. The molecule has 2 N–H and O–H groups in total. The van der Waals surface area contributed by atoms with Crippen LogP contribution in [0.2, 0.25) is 0 Å². The largest absolute Gasteiger partial charge is 0.352 e. The number of fused-ring (bicyclic) bond motifs is 4. The molecule has 4 rings (SSSR count). The lowest BCUT2D eigenvalue weighted by atomic mass is 9.84. The lowest BCUT2D eigenvalue weighted by Crippen LogP contribution is -2.46. The van der Waals surface area contributed by atoms with Crippen LogP contribution in [0.15, 0.2) is 41.2 Å². The second-order valence-electron chi connectivity index (χ2n) is 7.18. The fraction of sp³-hybridized carbons (Fsp3) is 0.400. The highest BCUT2D eigenvalue weighted by atomic mass is 35.5. The van der Waals surface area contributed by atoms with Crippen molar-refractivity contribution < 1.29 is 9.18 Å². The number of amides is 1. The molecule has 0 unspecified atom stereocenters. The van der Waals surface area contributed by atoms with E-state index in [0.717, 1.165) is 30.8 Å². The van der Waals surface area contributed by atoms with E-state index < -0.39 is 0 Å². The van der Waals surface area contributed by atoms with Gasteiger partial charge < -0.3 is 15.2 Å². The number of hydrogen-bond acceptors (Lipinski definition) is 3. The Morgan fingerprint density at radius 2 is 1.96 bits per heavy atom. The van der Waals surface area contributed by atoms with Gasteiger partial charge in [0.25, 0.3) is 11.5 Å². The summed E-state index contributed by atoms with van der Waals surface area (Å²) in [6, 6.07) is 9.77. The van der Waals surface area contributed by atoms with Crippen molar-refractivity contribution in [2.24, 2.45) is 5.92 Å². The Hall–Kier alpha value is -2.18. The molecular weight excluding hydrogens is 369 g/mol. The topological polar surface area (TPSA) is 63.1 Å². The average Bonchev–Trinajstić information content (AvgIpc) is 2.64. The van der Waals surface area contributed by atoms with Crippen molar-refractivity contribution in [3.63, 3.8) is 0 Å². The van der Waals surface area contributed by atoms with Crippen LogP contribution >= 0.6 is 12.4 Å². The van der Waals surface area contributed by atoms with Crippen LogP contribution in [0.25, 0.3) is 0 Å². The molecule has 144 valence electrons. The number of rotatable bonds is 4. The van der Waals surface area contributed by atoms with Crippen LogP contribution in [0.4, 0.5) is 4.39 Å². The van der Waals surface area contributed by atoms with E-state index in [1.165, 1.54) is 12.1 Å². The van der Waals surface area contributed by atoms with Crippen LogP contribution in [0.1, 0.15) is 34.0 Å². The molecule has 0 spiro atoms. The summed E-state index contributed by atoms with van der Waals surface area (Å²) in [7, 11) is 0. The first-order chi connectivity index (χ1) is 12.6. The SMILES string of the molecule is Cl.O=C(NCCc1ccc(F)cc1)c1ccc2n(c1=O)C[C@@H]1CNC[C@H]2C1. The van der Waals surface area contributed by atoms with E-state index in [4.69, 9.17) is 0 Å². The zero-order valence-electron chi connectivity index (χ0n) is 14.9. The summed E-state index contributed by atoms with van der Waals surface area (Å²) in [4.78, 5) is 25.2. The predicted octanol–water partition coefficient (Wildman–Crippen LogP) is 2.09. The summed E-state index contributed by atoms with van der Waals surface area (Å²) in [5.41, 5.74) is 1.97. The van der Waals surface area contributed by atoms with Gasteiger partial charge in [-0.2, -0.15) is 0 Å². The van der Waals surface area contributed by atoms with Crippen LogP contribution in [-0.4, -0.2) is 30.1 Å². The molecule has 5 nitrogen and oxygen atoms in total. The highest BCUT2D eigenvalue weighted by Gasteiger charge is 2.31. The van der Waals surface area contributed by atoms with Crippen LogP contribution in [0.3, 0.4) is 0 Å². The molecule has 1 aromatic heterocycles. The quantitative estimate of drug-likeness (QED) is 0.838. The molecule has 3 heterocycles. The van der Waals surface area contributed by atoms with Gasteiger partial charge in [-0.25, -0.2) is 4.39 Å². The summed E-state index contributed by atoms with van der Waals surface area (Å²) in [6.45, 7) is 2.89. The Morgan fingerprint density at radius 1 is 1.19 bits per heavy atom. The maximum absolute atomic E-state index is 12.9. The summed E-state index contributed by atoms with van der Waals surface area (Å²) < 4.78 is 14.7. The minimum atomic E-state index is -0.346. The molecule has 2 aromatic rings. The third-order valence-corrected chi connectivity index (χ3v) is 5.37. The second kappa shape index (κ2) is 8.23. The Morgan fingerprint density at radius 3 is 2.74 bits per heavy atom. The van der Waals surface area contributed by atoms with E-state index >= 15 is 0 Å². The van der Waals surface area contributed by atoms with Crippen molar-refractivity contribution in [2.45, 2.75) is 25.3 Å². The van der Waals surface area contributed by atoms with E-state index in [1.54, 1.807) is 22.8 Å². The number of hydrogen-bond donors (Lipinski definition) is 2. The van der Waals surface area contributed by atoms with Gasteiger partial charge in [0.1, 0.15) is 11.4 Å². The first kappa shape index (κ1) is 19.6. The Bertz CT molecular complexity index is 882. The van der Waals surface area contributed by atoms with Crippen LogP contribution < -0.4 is 16.2 Å². The van der Waals surface area contributed by atoms with Gasteiger partial charge in [-0.05, 0) is 55.1 Å². The number of aromatic nitrogens is 1. The number of carbonyl (C=O) groups is 1. The molecule has 0 aliphatic carbocycles. The molecule has 0 saturated carbocycles. The third kappa shape index (κ3) is 4.06. The van der Waals surface area contributed by atoms with E-state index in [9.17, 15) is 14.0 Å². The predicted molar refractivity (Wildman–Crippen MR) is 104 cm³/mol. The first-order valence-electron chi connectivity index (χ1n) is 9.09. The van der Waals surface area contributed by atoms with Crippen LogP contribution in [-0.2, 0) is 13.0 Å². The Kier molecular flexibility index (Phi) is 5.97. The van der Waals surface area contributed by atoms with Gasteiger partial charge in [0.2, 0.25) is 0 Å². The van der Waals surface area contributed by atoms with E-state index in [1.807, 2.05) is 6.07 Å². The maximum Gasteiger partial charge on any atom is 0.263 e. The van der Waals surface area contributed by atoms with Crippen molar-refractivity contribution in [3.8, 4) is 0 Å². The van der Waals surface area contributed by atoms with Crippen molar-refractivity contribution in [3.05, 3.63) is 69.4 Å². The number of piperidine rings is 1. The average molecular weight is 392 g/mol. The molecule has 2 atom stereocenters. The number of nitrogens with one attached hydrogen (secondary N) is 2. The number of carbonyl (C=O) groups excluding carboxylic acids is 1. The molecular formula is C20H23ClFN3O2. The number of benzene rings is 1. The molecule has 1 fully saturated rings. The van der Waals surface area contributed by atoms with E-state index in [2.05, 4.69) is 10.6 Å². The van der Waals surface area contributed by atoms with Gasteiger partial charge in [0.05, 0.1) is 0 Å². The van der Waals surface area contributed by atoms with Gasteiger partial charge in [-0.15, -0.1) is 12.4 Å². The number of halogens is 2.